The van der Waals surface area contributed by atoms with Crippen LogP contribution in [-0.4, -0.2) is 23.0 Å². The number of rotatable bonds is 6. The number of nitrogens with two attached hydrogens (primary N) is 1. The van der Waals surface area contributed by atoms with Gasteiger partial charge in [-0.05, 0) is 23.3 Å². The third-order valence-electron chi connectivity index (χ3n) is 3.49. The number of aliphatic hydroxyl groups is 1. The molecule has 126 valence electrons. The molecule has 0 saturated carbocycles. The van der Waals surface area contributed by atoms with Crippen LogP contribution in [-0.2, 0) is 16.0 Å². The third kappa shape index (κ3) is 4.47. The normalized spacial score (nSPS) is 13.1. The van der Waals surface area contributed by atoms with Crippen LogP contribution in [0.1, 0.15) is 17.2 Å². The van der Waals surface area contributed by atoms with Crippen molar-refractivity contribution in [1.29, 1.82) is 0 Å². The van der Waals surface area contributed by atoms with Crippen molar-refractivity contribution in [3.05, 3.63) is 69.7 Å². The standard InChI is InChI=1S/C17H16Cl2N2O3/c18-12-7-4-8-13(19)11(12)9-14(16(20)23)21-17(24)15(22)10-5-2-1-3-6-10/h1-8,14-15,22H,9H2,(H2,20,23)(H,21,24)/t14-,15-/m0/s1. The highest BCUT2D eigenvalue weighted by atomic mass is 35.5. The van der Waals surface area contributed by atoms with E-state index in [-0.39, 0.29) is 6.42 Å². The molecule has 7 heteroatoms. The van der Waals surface area contributed by atoms with Gasteiger partial charge in [0.15, 0.2) is 6.10 Å². The number of hydrogen-bond acceptors (Lipinski definition) is 3. The van der Waals surface area contributed by atoms with E-state index in [4.69, 9.17) is 28.9 Å². The van der Waals surface area contributed by atoms with Crippen LogP contribution in [0.15, 0.2) is 48.5 Å². The molecule has 0 aliphatic carbocycles. The second-order valence-corrected chi connectivity index (χ2v) is 6.00. The molecule has 0 aliphatic rings. The SMILES string of the molecule is NC(=O)[C@H](Cc1c(Cl)cccc1Cl)NC(=O)[C@@H](O)c1ccccc1. The highest BCUT2D eigenvalue weighted by Crippen LogP contribution is 2.25. The molecule has 0 unspecified atom stereocenters. The maximum Gasteiger partial charge on any atom is 0.254 e. The van der Waals surface area contributed by atoms with Gasteiger partial charge in [0.05, 0.1) is 0 Å². The van der Waals surface area contributed by atoms with Crippen LogP contribution in [0.4, 0.5) is 0 Å². The van der Waals surface area contributed by atoms with Gasteiger partial charge in [0.2, 0.25) is 5.91 Å². The Morgan fingerprint density at radius 3 is 2.17 bits per heavy atom. The van der Waals surface area contributed by atoms with Gasteiger partial charge in [0, 0.05) is 16.5 Å². The van der Waals surface area contributed by atoms with Gasteiger partial charge in [-0.3, -0.25) is 9.59 Å². The predicted octanol–water partition coefficient (Wildman–Crippen LogP) is 2.24. The van der Waals surface area contributed by atoms with Crippen molar-refractivity contribution >= 4 is 35.0 Å². The molecule has 0 fully saturated rings. The summed E-state index contributed by atoms with van der Waals surface area (Å²) in [5.41, 5.74) is 6.26. The Labute approximate surface area is 149 Å². The number of benzene rings is 2. The number of amides is 2. The number of carbonyl (C=O) groups excluding carboxylic acids is 2. The number of primary amides is 1. The molecule has 0 bridgehead atoms. The molecule has 5 nitrogen and oxygen atoms in total. The van der Waals surface area contributed by atoms with E-state index in [0.717, 1.165) is 0 Å². The van der Waals surface area contributed by atoms with E-state index in [9.17, 15) is 14.7 Å². The highest BCUT2D eigenvalue weighted by Gasteiger charge is 2.25. The van der Waals surface area contributed by atoms with E-state index in [1.807, 2.05) is 0 Å². The summed E-state index contributed by atoms with van der Waals surface area (Å²) in [6.07, 6.45) is -1.38. The Bertz CT molecular complexity index is 718. The summed E-state index contributed by atoms with van der Waals surface area (Å²) in [7, 11) is 0. The van der Waals surface area contributed by atoms with Crippen molar-refractivity contribution in [2.75, 3.05) is 0 Å². The van der Waals surface area contributed by atoms with Crippen molar-refractivity contribution in [1.82, 2.24) is 5.32 Å². The fourth-order valence-electron chi connectivity index (χ4n) is 2.19. The van der Waals surface area contributed by atoms with Crippen LogP contribution >= 0.6 is 23.2 Å². The molecule has 2 amide bonds. The highest BCUT2D eigenvalue weighted by molar-refractivity contribution is 6.36. The third-order valence-corrected chi connectivity index (χ3v) is 4.20. The molecule has 0 radical (unpaired) electrons. The second kappa shape index (κ2) is 8.15. The first kappa shape index (κ1) is 18.3. The average molecular weight is 367 g/mol. The Morgan fingerprint density at radius 1 is 1.04 bits per heavy atom. The first-order valence-electron chi connectivity index (χ1n) is 7.15. The average Bonchev–Trinajstić information content (AvgIpc) is 2.57. The molecule has 24 heavy (non-hydrogen) atoms. The fourth-order valence-corrected chi connectivity index (χ4v) is 2.74. The number of hydrogen-bond donors (Lipinski definition) is 3. The van der Waals surface area contributed by atoms with Crippen LogP contribution in [0, 0.1) is 0 Å². The van der Waals surface area contributed by atoms with Crippen molar-refractivity contribution in [3.63, 3.8) is 0 Å². The van der Waals surface area contributed by atoms with E-state index in [1.165, 1.54) is 0 Å². The second-order valence-electron chi connectivity index (χ2n) is 5.18. The lowest BCUT2D eigenvalue weighted by atomic mass is 10.0. The smallest absolute Gasteiger partial charge is 0.254 e. The van der Waals surface area contributed by atoms with E-state index in [1.54, 1.807) is 48.5 Å². The topological polar surface area (TPSA) is 92.4 Å². The fraction of sp³-hybridized carbons (Fsp3) is 0.176. The van der Waals surface area contributed by atoms with Gasteiger partial charge >= 0.3 is 0 Å². The molecule has 0 saturated heterocycles. The first-order valence-corrected chi connectivity index (χ1v) is 7.91. The van der Waals surface area contributed by atoms with Crippen LogP contribution in [0.5, 0.6) is 0 Å². The Balaban J connectivity index is 2.14. The Hall–Kier alpha value is -2.08. The molecule has 0 aromatic heterocycles. The van der Waals surface area contributed by atoms with E-state index in [2.05, 4.69) is 5.32 Å². The molecule has 2 aromatic carbocycles. The Kier molecular flexibility index (Phi) is 6.20. The van der Waals surface area contributed by atoms with Gasteiger partial charge in [0.25, 0.3) is 5.91 Å². The summed E-state index contributed by atoms with van der Waals surface area (Å²) in [6, 6.07) is 12.2. The van der Waals surface area contributed by atoms with Crippen molar-refractivity contribution in [3.8, 4) is 0 Å². The van der Waals surface area contributed by atoms with Crippen molar-refractivity contribution in [2.45, 2.75) is 18.6 Å². The first-order chi connectivity index (χ1) is 11.4. The lowest BCUT2D eigenvalue weighted by Gasteiger charge is -2.19. The van der Waals surface area contributed by atoms with Gasteiger partial charge < -0.3 is 16.2 Å². The van der Waals surface area contributed by atoms with E-state index >= 15 is 0 Å². The summed E-state index contributed by atoms with van der Waals surface area (Å²) < 4.78 is 0. The number of carbonyl (C=O) groups is 2. The Morgan fingerprint density at radius 2 is 1.62 bits per heavy atom. The van der Waals surface area contributed by atoms with Crippen LogP contribution in [0.2, 0.25) is 10.0 Å². The summed E-state index contributed by atoms with van der Waals surface area (Å²) in [6.45, 7) is 0. The molecule has 0 spiro atoms. The van der Waals surface area contributed by atoms with Gasteiger partial charge in [-0.1, -0.05) is 59.6 Å². The van der Waals surface area contributed by atoms with Crippen molar-refractivity contribution in [2.24, 2.45) is 5.73 Å². The van der Waals surface area contributed by atoms with Gasteiger partial charge in [-0.2, -0.15) is 0 Å². The molecule has 0 heterocycles. The quantitative estimate of drug-likeness (QED) is 0.731. The predicted molar refractivity (Wildman–Crippen MR) is 92.7 cm³/mol. The summed E-state index contributed by atoms with van der Waals surface area (Å²) >= 11 is 12.1. The molecular formula is C17H16Cl2N2O3. The number of aliphatic hydroxyl groups excluding tert-OH is 1. The molecule has 2 atom stereocenters. The van der Waals surface area contributed by atoms with Crippen molar-refractivity contribution < 1.29 is 14.7 Å². The lowest BCUT2D eigenvalue weighted by molar-refractivity contribution is -0.133. The zero-order valence-corrected chi connectivity index (χ0v) is 14.1. The molecule has 4 N–H and O–H groups in total. The lowest BCUT2D eigenvalue weighted by Crippen LogP contribution is -2.47. The largest absolute Gasteiger partial charge is 0.378 e. The number of nitrogens with one attached hydrogen (secondary N) is 1. The maximum absolute atomic E-state index is 12.2. The number of halogens is 2. The summed E-state index contributed by atoms with van der Waals surface area (Å²) in [5, 5.41) is 13.3. The summed E-state index contributed by atoms with van der Waals surface area (Å²) in [5.74, 6) is -1.48. The molecule has 2 rings (SSSR count). The van der Waals surface area contributed by atoms with Crippen LogP contribution < -0.4 is 11.1 Å². The minimum Gasteiger partial charge on any atom is -0.378 e. The van der Waals surface area contributed by atoms with Gasteiger partial charge in [-0.25, -0.2) is 0 Å². The maximum atomic E-state index is 12.2. The van der Waals surface area contributed by atoms with E-state index in [0.29, 0.717) is 21.2 Å². The monoisotopic (exact) mass is 366 g/mol. The molecule has 2 aromatic rings. The zero-order chi connectivity index (χ0) is 17.7. The summed E-state index contributed by atoms with van der Waals surface area (Å²) in [4.78, 5) is 23.8. The zero-order valence-electron chi connectivity index (χ0n) is 12.6. The van der Waals surface area contributed by atoms with Crippen LogP contribution in [0.3, 0.4) is 0 Å². The molecule has 0 aliphatic heterocycles. The van der Waals surface area contributed by atoms with Gasteiger partial charge in [-0.15, -0.1) is 0 Å². The van der Waals surface area contributed by atoms with E-state index < -0.39 is 24.0 Å². The minimum atomic E-state index is -1.41. The van der Waals surface area contributed by atoms with Crippen LogP contribution in [0.25, 0.3) is 0 Å². The van der Waals surface area contributed by atoms with Gasteiger partial charge in [0.1, 0.15) is 6.04 Å². The minimum absolute atomic E-state index is 0.0289. The molecular weight excluding hydrogens is 351 g/mol.